The first kappa shape index (κ1) is 27.7. The molecule has 1 aliphatic rings. The van der Waals surface area contributed by atoms with Gasteiger partial charge in [0.1, 0.15) is 18.1 Å². The third kappa shape index (κ3) is 8.33. The van der Waals surface area contributed by atoms with Gasteiger partial charge in [-0.25, -0.2) is 9.78 Å². The largest absolute Gasteiger partial charge is 0.481 e. The summed E-state index contributed by atoms with van der Waals surface area (Å²) >= 11 is 0. The van der Waals surface area contributed by atoms with Gasteiger partial charge in [0, 0.05) is 24.9 Å². The highest BCUT2D eigenvalue weighted by molar-refractivity contribution is 5.95. The molecule has 4 unspecified atom stereocenters. The number of rotatable bonds is 14. The summed E-state index contributed by atoms with van der Waals surface area (Å²) in [4.78, 5) is 69.2. The van der Waals surface area contributed by atoms with Crippen LogP contribution in [0.4, 0.5) is 0 Å². The number of likely N-dealkylation sites (tertiary alicyclic amines) is 1. The molecule has 194 valence electrons. The standard InChI is InChI=1S/C21H33N7O7/c22-6-2-1-4-14(26-18(31)13(23)8-12-10-24-11-25-12)19(32)27-15(9-17(29)30)20(33)28-7-3-5-16(28)21(34)35/h10-11,13-16H,1-9,22-23H2,(H,24,25)(H,26,31)(H,27,32)(H,29,30)(H,34,35). The van der Waals surface area contributed by atoms with Crippen molar-refractivity contribution in [3.63, 3.8) is 0 Å². The van der Waals surface area contributed by atoms with E-state index in [1.54, 1.807) is 0 Å². The molecule has 1 aromatic heterocycles. The molecule has 1 fully saturated rings. The van der Waals surface area contributed by atoms with E-state index in [4.69, 9.17) is 11.5 Å². The van der Waals surface area contributed by atoms with E-state index in [0.29, 0.717) is 31.5 Å². The number of nitrogens with one attached hydrogen (secondary N) is 3. The SMILES string of the molecule is NCCCCC(NC(=O)C(N)Cc1cnc[nH]1)C(=O)NC(CC(=O)O)C(=O)N1CCCC1C(=O)O. The second-order valence-corrected chi connectivity index (χ2v) is 8.42. The quantitative estimate of drug-likeness (QED) is 0.139. The predicted octanol–water partition coefficient (Wildman–Crippen LogP) is -2.07. The molecule has 0 saturated carbocycles. The molecule has 2 rings (SSSR count). The Balaban J connectivity index is 2.12. The molecule has 0 bridgehead atoms. The van der Waals surface area contributed by atoms with E-state index in [2.05, 4.69) is 20.6 Å². The van der Waals surface area contributed by atoms with E-state index >= 15 is 0 Å². The molecule has 9 N–H and O–H groups in total. The summed E-state index contributed by atoms with van der Waals surface area (Å²) in [5, 5.41) is 23.6. The van der Waals surface area contributed by atoms with Crippen LogP contribution in [0.3, 0.4) is 0 Å². The average Bonchev–Trinajstić information content (AvgIpc) is 3.49. The van der Waals surface area contributed by atoms with E-state index in [0.717, 1.165) is 4.90 Å². The van der Waals surface area contributed by atoms with Crippen LogP contribution in [0.2, 0.25) is 0 Å². The summed E-state index contributed by atoms with van der Waals surface area (Å²) in [6.07, 6.45) is 4.29. The molecule has 1 aromatic rings. The molecule has 35 heavy (non-hydrogen) atoms. The Hall–Kier alpha value is -3.52. The highest BCUT2D eigenvalue weighted by Gasteiger charge is 2.39. The van der Waals surface area contributed by atoms with Gasteiger partial charge in [-0.3, -0.25) is 19.2 Å². The monoisotopic (exact) mass is 495 g/mol. The smallest absolute Gasteiger partial charge is 0.326 e. The van der Waals surface area contributed by atoms with Crippen LogP contribution in [0.15, 0.2) is 12.5 Å². The lowest BCUT2D eigenvalue weighted by Gasteiger charge is -2.28. The van der Waals surface area contributed by atoms with Crippen molar-refractivity contribution >= 4 is 29.7 Å². The number of carboxylic acids is 2. The lowest BCUT2D eigenvalue weighted by molar-refractivity contribution is -0.150. The van der Waals surface area contributed by atoms with Crippen molar-refractivity contribution in [1.82, 2.24) is 25.5 Å². The molecule has 0 aromatic carbocycles. The average molecular weight is 496 g/mol. The Morgan fingerprint density at radius 1 is 1.14 bits per heavy atom. The minimum absolute atomic E-state index is 0.140. The molecule has 1 saturated heterocycles. The number of carboxylic acid groups (broad SMARTS) is 2. The number of unbranched alkanes of at least 4 members (excludes halogenated alkanes) is 1. The number of nitrogens with zero attached hydrogens (tertiary/aromatic N) is 2. The Morgan fingerprint density at radius 3 is 2.46 bits per heavy atom. The number of aromatic nitrogens is 2. The summed E-state index contributed by atoms with van der Waals surface area (Å²) in [5.41, 5.74) is 12.1. The lowest BCUT2D eigenvalue weighted by Crippen LogP contribution is -2.57. The normalized spacial score (nSPS) is 17.9. The molecule has 4 atom stereocenters. The summed E-state index contributed by atoms with van der Waals surface area (Å²) in [6, 6.07) is -4.67. The predicted molar refractivity (Wildman–Crippen MR) is 122 cm³/mol. The molecule has 3 amide bonds. The van der Waals surface area contributed by atoms with Gasteiger partial charge in [0.2, 0.25) is 17.7 Å². The number of carbonyl (C=O) groups excluding carboxylic acids is 3. The van der Waals surface area contributed by atoms with Gasteiger partial charge in [0.25, 0.3) is 0 Å². The number of hydrogen-bond donors (Lipinski definition) is 7. The summed E-state index contributed by atoms with van der Waals surface area (Å²) in [5.74, 6) is -4.73. The molecule has 14 heteroatoms. The highest BCUT2D eigenvalue weighted by atomic mass is 16.4. The van der Waals surface area contributed by atoms with Gasteiger partial charge in [0.15, 0.2) is 0 Å². The van der Waals surface area contributed by atoms with Crippen LogP contribution in [0.5, 0.6) is 0 Å². The molecule has 0 aliphatic carbocycles. The highest BCUT2D eigenvalue weighted by Crippen LogP contribution is 2.19. The molecule has 2 heterocycles. The summed E-state index contributed by atoms with van der Waals surface area (Å²) < 4.78 is 0. The lowest BCUT2D eigenvalue weighted by atomic mass is 10.1. The van der Waals surface area contributed by atoms with E-state index in [-0.39, 0.29) is 25.8 Å². The summed E-state index contributed by atoms with van der Waals surface area (Å²) in [6.45, 7) is 0.508. The Kier molecular flexibility index (Phi) is 10.6. The van der Waals surface area contributed by atoms with Crippen LogP contribution in [0.25, 0.3) is 0 Å². The van der Waals surface area contributed by atoms with Crippen molar-refractivity contribution in [1.29, 1.82) is 0 Å². The first-order valence-corrected chi connectivity index (χ1v) is 11.4. The zero-order valence-corrected chi connectivity index (χ0v) is 19.3. The van der Waals surface area contributed by atoms with Crippen molar-refractivity contribution in [2.24, 2.45) is 11.5 Å². The molecular weight excluding hydrogens is 462 g/mol. The first-order valence-electron chi connectivity index (χ1n) is 11.4. The van der Waals surface area contributed by atoms with Gasteiger partial charge in [-0.1, -0.05) is 0 Å². The fraction of sp³-hybridized carbons (Fsp3) is 0.619. The number of amides is 3. The minimum atomic E-state index is -1.49. The minimum Gasteiger partial charge on any atom is -0.481 e. The van der Waals surface area contributed by atoms with Crippen LogP contribution in [-0.2, 0) is 30.4 Å². The maximum absolute atomic E-state index is 13.0. The third-order valence-corrected chi connectivity index (χ3v) is 5.73. The van der Waals surface area contributed by atoms with Crippen LogP contribution in [0, 0.1) is 0 Å². The third-order valence-electron chi connectivity index (χ3n) is 5.73. The Bertz CT molecular complexity index is 893. The van der Waals surface area contributed by atoms with Crippen molar-refractivity contribution in [2.45, 2.75) is 69.1 Å². The number of imidazole rings is 1. The molecule has 14 nitrogen and oxygen atoms in total. The van der Waals surface area contributed by atoms with Crippen molar-refractivity contribution in [3.05, 3.63) is 18.2 Å². The van der Waals surface area contributed by atoms with E-state index in [1.807, 2.05) is 0 Å². The maximum Gasteiger partial charge on any atom is 0.326 e. The number of hydrogen-bond acceptors (Lipinski definition) is 8. The zero-order chi connectivity index (χ0) is 26.0. The zero-order valence-electron chi connectivity index (χ0n) is 19.3. The molecule has 0 spiro atoms. The fourth-order valence-electron chi connectivity index (χ4n) is 3.90. The van der Waals surface area contributed by atoms with Crippen LogP contribution in [0.1, 0.15) is 44.2 Å². The first-order chi connectivity index (χ1) is 16.6. The van der Waals surface area contributed by atoms with Crippen molar-refractivity contribution in [2.75, 3.05) is 13.1 Å². The Labute approximate surface area is 201 Å². The van der Waals surface area contributed by atoms with Crippen LogP contribution in [-0.4, -0.2) is 92.0 Å². The number of carbonyl (C=O) groups is 5. The van der Waals surface area contributed by atoms with Crippen LogP contribution >= 0.6 is 0 Å². The molecular formula is C21H33N7O7. The molecule has 0 radical (unpaired) electrons. The van der Waals surface area contributed by atoms with Gasteiger partial charge >= 0.3 is 11.9 Å². The second kappa shape index (κ2) is 13.4. The fourth-order valence-corrected chi connectivity index (χ4v) is 3.90. The number of aromatic amines is 1. The van der Waals surface area contributed by atoms with E-state index in [9.17, 15) is 34.2 Å². The maximum atomic E-state index is 13.0. The number of aliphatic carboxylic acids is 2. The van der Waals surface area contributed by atoms with Crippen LogP contribution < -0.4 is 22.1 Å². The second-order valence-electron chi connectivity index (χ2n) is 8.42. The Morgan fingerprint density at radius 2 is 1.86 bits per heavy atom. The number of H-pyrrole nitrogens is 1. The van der Waals surface area contributed by atoms with E-state index < -0.39 is 60.2 Å². The van der Waals surface area contributed by atoms with Crippen molar-refractivity contribution < 1.29 is 34.2 Å². The van der Waals surface area contributed by atoms with Gasteiger partial charge in [0.05, 0.1) is 18.8 Å². The van der Waals surface area contributed by atoms with Gasteiger partial charge < -0.3 is 42.2 Å². The molecule has 1 aliphatic heterocycles. The van der Waals surface area contributed by atoms with Gasteiger partial charge in [-0.05, 0) is 38.6 Å². The topological polar surface area (TPSA) is 234 Å². The van der Waals surface area contributed by atoms with Gasteiger partial charge in [-0.15, -0.1) is 0 Å². The van der Waals surface area contributed by atoms with Gasteiger partial charge in [-0.2, -0.15) is 0 Å². The number of nitrogens with two attached hydrogens (primary N) is 2. The van der Waals surface area contributed by atoms with E-state index in [1.165, 1.54) is 12.5 Å². The summed E-state index contributed by atoms with van der Waals surface area (Å²) in [7, 11) is 0. The van der Waals surface area contributed by atoms with Crippen molar-refractivity contribution in [3.8, 4) is 0 Å².